The third kappa shape index (κ3) is 3.94. The summed E-state index contributed by atoms with van der Waals surface area (Å²) < 4.78 is 11.0. The summed E-state index contributed by atoms with van der Waals surface area (Å²) in [7, 11) is 0. The lowest BCUT2D eigenvalue weighted by molar-refractivity contribution is -0.0676. The van der Waals surface area contributed by atoms with Gasteiger partial charge in [-0.2, -0.15) is 0 Å². The van der Waals surface area contributed by atoms with E-state index in [2.05, 4.69) is 6.58 Å². The molecule has 0 saturated carbocycles. The van der Waals surface area contributed by atoms with Crippen molar-refractivity contribution < 1.29 is 19.4 Å². The lowest BCUT2D eigenvalue weighted by Crippen LogP contribution is -2.53. The summed E-state index contributed by atoms with van der Waals surface area (Å²) in [6.45, 7) is 12.9. The molecule has 19 heavy (non-hydrogen) atoms. The lowest BCUT2D eigenvalue weighted by atomic mass is 10.1. The molecule has 0 radical (unpaired) electrons. The number of hydrogen-bond donors (Lipinski definition) is 1. The van der Waals surface area contributed by atoms with Crippen LogP contribution in [0.3, 0.4) is 0 Å². The van der Waals surface area contributed by atoms with Crippen molar-refractivity contribution in [2.45, 2.75) is 64.5 Å². The van der Waals surface area contributed by atoms with Crippen molar-refractivity contribution >= 4 is 6.09 Å². The van der Waals surface area contributed by atoms with E-state index in [-0.39, 0.29) is 0 Å². The predicted octanol–water partition coefficient (Wildman–Crippen LogP) is 2.30. The molecule has 1 aliphatic rings. The van der Waals surface area contributed by atoms with Crippen LogP contribution in [0.1, 0.15) is 41.0 Å². The average molecular weight is 271 g/mol. The highest BCUT2D eigenvalue weighted by atomic mass is 16.6. The van der Waals surface area contributed by atoms with Gasteiger partial charge in [-0.1, -0.05) is 6.08 Å². The van der Waals surface area contributed by atoms with Crippen LogP contribution in [0.25, 0.3) is 0 Å². The molecular formula is C14H25NO4. The number of hydrogen-bond acceptors (Lipinski definition) is 4. The number of carbonyl (C=O) groups excluding carboxylic acids is 1. The van der Waals surface area contributed by atoms with Crippen LogP contribution in [-0.2, 0) is 9.47 Å². The molecule has 5 nitrogen and oxygen atoms in total. The number of ether oxygens (including phenoxy) is 2. The Morgan fingerprint density at radius 3 is 2.68 bits per heavy atom. The van der Waals surface area contributed by atoms with Gasteiger partial charge in [-0.05, 0) is 41.0 Å². The SMILES string of the molecule is C=CC[C@@H](O)[C@@H]1COC(C)(C)N1C(=O)OC(C)(C)C. The minimum atomic E-state index is -0.783. The molecule has 0 aromatic rings. The standard InChI is InChI=1S/C14H25NO4/c1-7-8-11(16)10-9-18-14(5,6)15(10)12(17)19-13(2,3)4/h7,10-11,16H,1,8-9H2,2-6H3/t10-,11+/m0/s1. The molecule has 0 aromatic carbocycles. The van der Waals surface area contributed by atoms with Gasteiger partial charge in [0.2, 0.25) is 0 Å². The van der Waals surface area contributed by atoms with E-state index in [1.165, 1.54) is 4.90 Å². The van der Waals surface area contributed by atoms with E-state index in [9.17, 15) is 9.90 Å². The normalized spacial score (nSPS) is 24.1. The molecule has 0 spiro atoms. The summed E-state index contributed by atoms with van der Waals surface area (Å²) in [6.07, 6.45) is 0.863. The van der Waals surface area contributed by atoms with Gasteiger partial charge in [-0.15, -0.1) is 6.58 Å². The van der Waals surface area contributed by atoms with Crippen molar-refractivity contribution in [1.29, 1.82) is 0 Å². The van der Waals surface area contributed by atoms with Gasteiger partial charge >= 0.3 is 6.09 Å². The van der Waals surface area contributed by atoms with E-state index in [1.54, 1.807) is 19.9 Å². The Morgan fingerprint density at radius 2 is 2.21 bits per heavy atom. The molecule has 1 N–H and O–H groups in total. The van der Waals surface area contributed by atoms with Gasteiger partial charge in [0.05, 0.1) is 18.8 Å². The van der Waals surface area contributed by atoms with E-state index >= 15 is 0 Å². The number of nitrogens with zero attached hydrogens (tertiary/aromatic N) is 1. The molecule has 0 bridgehead atoms. The zero-order chi connectivity index (χ0) is 14.8. The van der Waals surface area contributed by atoms with Gasteiger partial charge < -0.3 is 14.6 Å². The second-order valence-corrected chi connectivity index (χ2v) is 6.27. The van der Waals surface area contributed by atoms with Crippen LogP contribution in [-0.4, -0.2) is 46.2 Å². The first-order valence-corrected chi connectivity index (χ1v) is 6.54. The molecule has 1 heterocycles. The Bertz CT molecular complexity index is 346. The van der Waals surface area contributed by atoms with E-state index in [0.29, 0.717) is 13.0 Å². The smallest absolute Gasteiger partial charge is 0.412 e. The van der Waals surface area contributed by atoms with Crippen LogP contribution in [0.15, 0.2) is 12.7 Å². The molecule has 5 heteroatoms. The zero-order valence-electron chi connectivity index (χ0n) is 12.5. The molecule has 0 aliphatic carbocycles. The van der Waals surface area contributed by atoms with Gasteiger partial charge in [0.1, 0.15) is 11.3 Å². The highest BCUT2D eigenvalue weighted by molar-refractivity contribution is 5.69. The molecule has 0 aromatic heterocycles. The minimum absolute atomic E-state index is 0.293. The van der Waals surface area contributed by atoms with Crippen LogP contribution >= 0.6 is 0 Å². The van der Waals surface area contributed by atoms with Crippen LogP contribution in [0.2, 0.25) is 0 Å². The van der Waals surface area contributed by atoms with Gasteiger partial charge in [-0.25, -0.2) is 4.79 Å². The lowest BCUT2D eigenvalue weighted by Gasteiger charge is -2.36. The van der Waals surface area contributed by atoms with Crippen molar-refractivity contribution in [2.75, 3.05) is 6.61 Å². The Labute approximate surface area is 115 Å². The summed E-state index contributed by atoms with van der Waals surface area (Å²) in [4.78, 5) is 13.8. The van der Waals surface area contributed by atoms with E-state index in [1.807, 2.05) is 20.8 Å². The molecule has 1 amide bonds. The minimum Gasteiger partial charge on any atom is -0.444 e. The first kappa shape index (κ1) is 16.0. The Hall–Kier alpha value is -1.07. The molecule has 1 rings (SSSR count). The van der Waals surface area contributed by atoms with Gasteiger partial charge in [0, 0.05) is 0 Å². The number of rotatable bonds is 3. The van der Waals surface area contributed by atoms with Crippen LogP contribution in [0.5, 0.6) is 0 Å². The third-order valence-electron chi connectivity index (χ3n) is 2.96. The molecular weight excluding hydrogens is 246 g/mol. The third-order valence-corrected chi connectivity index (χ3v) is 2.96. The highest BCUT2D eigenvalue weighted by Crippen LogP contribution is 2.31. The van der Waals surface area contributed by atoms with E-state index < -0.39 is 29.6 Å². The Balaban J connectivity index is 2.89. The molecule has 1 aliphatic heterocycles. The van der Waals surface area contributed by atoms with Crippen molar-refractivity contribution in [3.63, 3.8) is 0 Å². The first-order valence-electron chi connectivity index (χ1n) is 6.54. The van der Waals surface area contributed by atoms with Crippen LogP contribution in [0, 0.1) is 0 Å². The fourth-order valence-corrected chi connectivity index (χ4v) is 2.11. The van der Waals surface area contributed by atoms with Crippen molar-refractivity contribution in [3.05, 3.63) is 12.7 Å². The maximum absolute atomic E-state index is 12.3. The van der Waals surface area contributed by atoms with Gasteiger partial charge in [0.25, 0.3) is 0 Å². The predicted molar refractivity (Wildman–Crippen MR) is 72.7 cm³/mol. The monoisotopic (exact) mass is 271 g/mol. The van der Waals surface area contributed by atoms with Crippen molar-refractivity contribution in [1.82, 2.24) is 4.90 Å². The largest absolute Gasteiger partial charge is 0.444 e. The number of amides is 1. The maximum Gasteiger partial charge on any atom is 0.412 e. The fourth-order valence-electron chi connectivity index (χ4n) is 2.11. The van der Waals surface area contributed by atoms with Crippen LogP contribution < -0.4 is 0 Å². The topological polar surface area (TPSA) is 59.0 Å². The Kier molecular flexibility index (Phi) is 4.63. The maximum atomic E-state index is 12.3. The molecule has 1 saturated heterocycles. The van der Waals surface area contributed by atoms with Gasteiger partial charge in [0.15, 0.2) is 0 Å². The van der Waals surface area contributed by atoms with Gasteiger partial charge in [-0.3, -0.25) is 4.90 Å². The summed E-state index contributed by atoms with van der Waals surface area (Å²) >= 11 is 0. The molecule has 1 fully saturated rings. The number of aliphatic hydroxyl groups excluding tert-OH is 1. The highest BCUT2D eigenvalue weighted by Gasteiger charge is 2.47. The fraction of sp³-hybridized carbons (Fsp3) is 0.786. The Morgan fingerprint density at radius 1 is 1.63 bits per heavy atom. The quantitative estimate of drug-likeness (QED) is 0.800. The van der Waals surface area contributed by atoms with Crippen LogP contribution in [0.4, 0.5) is 4.79 Å². The summed E-state index contributed by atoms with van der Waals surface area (Å²) in [5.41, 5.74) is -1.36. The van der Waals surface area contributed by atoms with E-state index in [0.717, 1.165) is 0 Å². The first-order chi connectivity index (χ1) is 8.58. The average Bonchev–Trinajstić information content (AvgIpc) is 2.51. The van der Waals surface area contributed by atoms with E-state index in [4.69, 9.17) is 9.47 Å². The molecule has 110 valence electrons. The molecule has 0 unspecified atom stereocenters. The second kappa shape index (κ2) is 5.51. The number of carbonyl (C=O) groups is 1. The second-order valence-electron chi connectivity index (χ2n) is 6.27. The summed E-state index contributed by atoms with van der Waals surface area (Å²) in [5.74, 6) is 0. The summed E-state index contributed by atoms with van der Waals surface area (Å²) in [5, 5.41) is 10.1. The molecule has 2 atom stereocenters. The zero-order valence-corrected chi connectivity index (χ0v) is 12.5. The van der Waals surface area contributed by atoms with Crippen molar-refractivity contribution in [2.24, 2.45) is 0 Å². The van der Waals surface area contributed by atoms with Crippen molar-refractivity contribution in [3.8, 4) is 0 Å². The summed E-state index contributed by atoms with van der Waals surface area (Å²) in [6, 6.07) is -0.414. The number of aliphatic hydroxyl groups is 1.